The van der Waals surface area contributed by atoms with Gasteiger partial charge in [-0.05, 0) is 25.0 Å². The fourth-order valence-electron chi connectivity index (χ4n) is 3.10. The molecule has 0 N–H and O–H groups in total. The summed E-state index contributed by atoms with van der Waals surface area (Å²) in [6.07, 6.45) is 4.38. The SMILES string of the molecule is C=CC[Si](C)(C)C1=CCC([Si](OC(C)=O)(OC(C)=O)OC(C)=O)=C1C. The van der Waals surface area contributed by atoms with Crippen LogP contribution in [0.3, 0.4) is 0 Å². The third-order valence-corrected chi connectivity index (χ3v) is 10.3. The monoisotopic (exact) mass is 382 g/mol. The largest absolute Gasteiger partial charge is 0.739 e. The molecule has 6 nitrogen and oxygen atoms in total. The first-order valence-corrected chi connectivity index (χ1v) is 13.0. The van der Waals surface area contributed by atoms with E-state index < -0.39 is 34.8 Å². The van der Waals surface area contributed by atoms with Gasteiger partial charge in [-0.2, -0.15) is 0 Å². The number of hydrogen-bond acceptors (Lipinski definition) is 6. The smallest absolute Gasteiger partial charge is 0.452 e. The normalized spacial score (nSPS) is 14.7. The van der Waals surface area contributed by atoms with Crippen LogP contribution in [0.2, 0.25) is 19.1 Å². The average Bonchev–Trinajstić information content (AvgIpc) is 2.79. The van der Waals surface area contributed by atoms with Gasteiger partial charge in [-0.3, -0.25) is 14.4 Å². The second kappa shape index (κ2) is 7.96. The van der Waals surface area contributed by atoms with Crippen molar-refractivity contribution in [3.05, 3.63) is 34.7 Å². The lowest BCUT2D eigenvalue weighted by Gasteiger charge is -2.29. The van der Waals surface area contributed by atoms with Gasteiger partial charge >= 0.3 is 8.80 Å². The zero-order valence-electron chi connectivity index (χ0n) is 15.7. The quantitative estimate of drug-likeness (QED) is 0.497. The molecule has 0 bridgehead atoms. The lowest BCUT2D eigenvalue weighted by molar-refractivity contribution is -0.147. The van der Waals surface area contributed by atoms with Crippen LogP contribution in [0.1, 0.15) is 34.1 Å². The van der Waals surface area contributed by atoms with Crippen molar-refractivity contribution < 1.29 is 27.7 Å². The lowest BCUT2D eigenvalue weighted by atomic mass is 10.3. The van der Waals surface area contributed by atoms with Crippen LogP contribution in [0.5, 0.6) is 0 Å². The van der Waals surface area contributed by atoms with Gasteiger partial charge in [-0.15, -0.1) is 6.58 Å². The van der Waals surface area contributed by atoms with Crippen molar-refractivity contribution in [1.82, 2.24) is 0 Å². The summed E-state index contributed by atoms with van der Waals surface area (Å²) in [4.78, 5) is 35.0. The van der Waals surface area contributed by atoms with E-state index in [0.717, 1.165) is 11.6 Å². The van der Waals surface area contributed by atoms with Gasteiger partial charge in [0.1, 0.15) is 0 Å². The molecule has 0 saturated heterocycles. The van der Waals surface area contributed by atoms with E-state index in [2.05, 4.69) is 25.7 Å². The van der Waals surface area contributed by atoms with Crippen molar-refractivity contribution in [2.45, 2.75) is 53.3 Å². The van der Waals surface area contributed by atoms with E-state index in [1.54, 1.807) is 0 Å². The van der Waals surface area contributed by atoms with E-state index in [4.69, 9.17) is 13.3 Å². The molecule has 1 rings (SSSR count). The van der Waals surface area contributed by atoms with Gasteiger partial charge in [-0.1, -0.05) is 30.4 Å². The molecule has 0 heterocycles. The molecule has 138 valence electrons. The molecule has 0 fully saturated rings. The molecule has 1 aliphatic rings. The van der Waals surface area contributed by atoms with E-state index in [0.29, 0.717) is 11.6 Å². The first-order chi connectivity index (χ1) is 11.4. The summed E-state index contributed by atoms with van der Waals surface area (Å²) in [6.45, 7) is 13.7. The van der Waals surface area contributed by atoms with E-state index in [1.807, 2.05) is 13.0 Å². The van der Waals surface area contributed by atoms with Crippen molar-refractivity contribution in [2.24, 2.45) is 0 Å². The summed E-state index contributed by atoms with van der Waals surface area (Å²) >= 11 is 0. The first kappa shape index (κ1) is 21.1. The summed E-state index contributed by atoms with van der Waals surface area (Å²) in [7, 11) is -5.77. The van der Waals surface area contributed by atoms with Crippen LogP contribution in [0.25, 0.3) is 0 Å². The van der Waals surface area contributed by atoms with Crippen molar-refractivity contribution in [3.63, 3.8) is 0 Å². The van der Waals surface area contributed by atoms with Gasteiger partial charge in [0.2, 0.25) is 0 Å². The molecule has 0 aromatic carbocycles. The highest BCUT2D eigenvalue weighted by atomic mass is 28.4. The van der Waals surface area contributed by atoms with Crippen LogP contribution in [-0.4, -0.2) is 34.8 Å². The molecular formula is C17H26O6Si2. The van der Waals surface area contributed by atoms with E-state index >= 15 is 0 Å². The molecule has 0 radical (unpaired) electrons. The summed E-state index contributed by atoms with van der Waals surface area (Å²) in [5.41, 5.74) is 0.883. The maximum Gasteiger partial charge on any atom is 0.739 e. The topological polar surface area (TPSA) is 78.9 Å². The van der Waals surface area contributed by atoms with Crippen LogP contribution < -0.4 is 0 Å². The Balaban J connectivity index is 3.46. The molecule has 0 aromatic heterocycles. The van der Waals surface area contributed by atoms with Gasteiger partial charge < -0.3 is 13.3 Å². The average molecular weight is 383 g/mol. The van der Waals surface area contributed by atoms with Crippen LogP contribution in [0.4, 0.5) is 0 Å². The molecule has 0 spiro atoms. The molecule has 0 amide bonds. The Kier molecular flexibility index (Phi) is 6.72. The molecule has 0 aliphatic heterocycles. The van der Waals surface area contributed by atoms with Crippen molar-refractivity contribution in [1.29, 1.82) is 0 Å². The van der Waals surface area contributed by atoms with Gasteiger partial charge in [0.05, 0.1) is 8.07 Å². The van der Waals surface area contributed by atoms with E-state index in [1.165, 1.54) is 26.0 Å². The van der Waals surface area contributed by atoms with E-state index in [9.17, 15) is 14.4 Å². The molecule has 0 aromatic rings. The van der Waals surface area contributed by atoms with Crippen LogP contribution in [-0.2, 0) is 27.7 Å². The predicted molar refractivity (Wildman–Crippen MR) is 98.9 cm³/mol. The van der Waals surface area contributed by atoms with Gasteiger partial charge in [0.15, 0.2) is 0 Å². The second-order valence-corrected chi connectivity index (χ2v) is 13.7. The number of carbonyl (C=O) groups excluding carboxylic acids is 3. The summed E-state index contributed by atoms with van der Waals surface area (Å²) in [5, 5.41) is 1.76. The standard InChI is InChI=1S/C17H26O6Si2/c1-8-11-24(6,7)16-9-10-17(12(16)2)25(21-13(3)18,22-14(4)19)23-15(5)20/h8-9H,1,10-11H2,2-7H3. The van der Waals surface area contributed by atoms with E-state index in [-0.39, 0.29) is 0 Å². The highest BCUT2D eigenvalue weighted by molar-refractivity contribution is 6.86. The Morgan fingerprint density at radius 2 is 1.52 bits per heavy atom. The predicted octanol–water partition coefficient (Wildman–Crippen LogP) is 3.23. The minimum atomic E-state index is -3.98. The zero-order chi connectivity index (χ0) is 19.4. The van der Waals surface area contributed by atoms with Crippen LogP contribution in [0, 0.1) is 0 Å². The molecule has 25 heavy (non-hydrogen) atoms. The Morgan fingerprint density at radius 3 is 1.88 bits per heavy atom. The zero-order valence-corrected chi connectivity index (χ0v) is 17.7. The fourth-order valence-corrected chi connectivity index (χ4v) is 8.56. The second-order valence-electron chi connectivity index (χ2n) is 6.64. The van der Waals surface area contributed by atoms with Crippen molar-refractivity contribution in [2.75, 3.05) is 0 Å². The molecule has 1 aliphatic carbocycles. The van der Waals surface area contributed by atoms with Crippen LogP contribution >= 0.6 is 0 Å². The fraction of sp³-hybridized carbons (Fsp3) is 0.471. The minimum absolute atomic E-state index is 0.425. The minimum Gasteiger partial charge on any atom is -0.452 e. The number of hydrogen-bond donors (Lipinski definition) is 0. The number of rotatable bonds is 7. The van der Waals surface area contributed by atoms with Gasteiger partial charge in [0.25, 0.3) is 17.9 Å². The Bertz CT molecular complexity index is 619. The summed E-state index contributed by atoms with van der Waals surface area (Å²) in [5.74, 6) is -1.98. The molecule has 0 saturated carbocycles. The third kappa shape index (κ3) is 5.02. The molecule has 0 unspecified atom stereocenters. The van der Waals surface area contributed by atoms with Crippen molar-refractivity contribution in [3.8, 4) is 0 Å². The number of carbonyl (C=O) groups is 3. The lowest BCUT2D eigenvalue weighted by Crippen LogP contribution is -2.51. The molecular weight excluding hydrogens is 356 g/mol. The Hall–Kier alpha value is -1.94. The number of allylic oxidation sites excluding steroid dienone is 5. The first-order valence-electron chi connectivity index (χ1n) is 8.06. The molecule has 8 heteroatoms. The Labute approximate surface area is 150 Å². The Morgan fingerprint density at radius 1 is 1.08 bits per heavy atom. The highest BCUT2D eigenvalue weighted by Crippen LogP contribution is 2.39. The molecule has 0 atom stereocenters. The van der Waals surface area contributed by atoms with Gasteiger partial charge in [0, 0.05) is 26.0 Å². The summed E-state index contributed by atoms with van der Waals surface area (Å²) < 4.78 is 16.1. The van der Waals surface area contributed by atoms with Crippen LogP contribution in [0.15, 0.2) is 34.7 Å². The van der Waals surface area contributed by atoms with Gasteiger partial charge in [-0.25, -0.2) is 0 Å². The summed E-state index contributed by atoms with van der Waals surface area (Å²) in [6, 6.07) is 0.882. The highest BCUT2D eigenvalue weighted by Gasteiger charge is 2.58. The maximum atomic E-state index is 11.7. The third-order valence-electron chi connectivity index (χ3n) is 3.95. The maximum absolute atomic E-state index is 11.7. The van der Waals surface area contributed by atoms with Crippen molar-refractivity contribution >= 4 is 34.8 Å².